The Morgan fingerprint density at radius 1 is 1.44 bits per heavy atom. The van der Waals surface area contributed by atoms with Crippen LogP contribution in [0.3, 0.4) is 0 Å². The van der Waals surface area contributed by atoms with Gasteiger partial charge < -0.3 is 27.1 Å². The molecule has 4 rings (SSSR count). The largest absolute Gasteiger partial charge is 0.477 e. The fraction of sp³-hybridized carbons (Fsp3) is 0.263. The van der Waals surface area contributed by atoms with Gasteiger partial charge in [-0.15, -0.1) is 0 Å². The number of nitrogens with two attached hydrogens (primary N) is 2. The number of carbonyl (C=O) groups excluding carboxylic acids is 2. The predicted octanol–water partition coefficient (Wildman–Crippen LogP) is 0.989. The molecule has 15 heteroatoms. The molecule has 2 aliphatic heterocycles. The first-order valence-corrected chi connectivity index (χ1v) is 11.8. The molecule has 0 saturated carbocycles. The van der Waals surface area contributed by atoms with E-state index in [0.717, 1.165) is 11.3 Å². The van der Waals surface area contributed by atoms with Crippen LogP contribution in [0.1, 0.15) is 24.2 Å². The van der Waals surface area contributed by atoms with Crippen LogP contribution in [-0.4, -0.2) is 60.8 Å². The number of thioether (sulfide) groups is 1. The summed E-state index contributed by atoms with van der Waals surface area (Å²) < 4.78 is 0.0460. The van der Waals surface area contributed by atoms with Crippen molar-refractivity contribution in [3.05, 3.63) is 44.7 Å². The monoisotopic (exact) mass is 523 g/mol. The second-order valence-electron chi connectivity index (χ2n) is 7.22. The number of rotatable bonds is 7. The van der Waals surface area contributed by atoms with E-state index in [1.165, 1.54) is 16.7 Å². The van der Waals surface area contributed by atoms with Crippen LogP contribution in [0.5, 0.6) is 0 Å². The molecular formula is C19H18ClN7O5S2. The van der Waals surface area contributed by atoms with E-state index in [2.05, 4.69) is 20.4 Å². The Bertz CT molecular complexity index is 1250. The molecule has 2 atom stereocenters. The van der Waals surface area contributed by atoms with E-state index in [9.17, 15) is 24.7 Å². The summed E-state index contributed by atoms with van der Waals surface area (Å²) in [5.41, 5.74) is 11.1. The molecule has 34 heavy (non-hydrogen) atoms. The summed E-state index contributed by atoms with van der Waals surface area (Å²) in [6, 6.07) is 1.92. The number of carbonyl (C=O) groups is 3. The summed E-state index contributed by atoms with van der Waals surface area (Å²) in [6.07, 6.45) is 2.37. The number of β-lactam (4-membered cyclic amide) rings is 1. The van der Waals surface area contributed by atoms with Gasteiger partial charge in [0.25, 0.3) is 11.8 Å². The van der Waals surface area contributed by atoms with Crippen molar-refractivity contribution in [2.45, 2.75) is 36.4 Å². The second kappa shape index (κ2) is 9.58. The topological polar surface area (TPSA) is 197 Å². The van der Waals surface area contributed by atoms with Gasteiger partial charge in [0.1, 0.15) is 21.8 Å². The number of nitrogen functional groups attached to an aromatic ring is 1. The van der Waals surface area contributed by atoms with Crippen molar-refractivity contribution in [2.24, 2.45) is 10.9 Å². The number of amides is 2. The number of nitrogens with zero attached hydrogens (tertiary/aromatic N) is 4. The van der Waals surface area contributed by atoms with E-state index < -0.39 is 35.6 Å². The normalized spacial score (nSPS) is 20.1. The van der Waals surface area contributed by atoms with Crippen molar-refractivity contribution in [1.82, 2.24) is 20.2 Å². The summed E-state index contributed by atoms with van der Waals surface area (Å²) >= 11 is 8.09. The minimum absolute atomic E-state index is 0.0460. The van der Waals surface area contributed by atoms with Crippen LogP contribution < -0.4 is 16.8 Å². The van der Waals surface area contributed by atoms with Gasteiger partial charge in [0.2, 0.25) is 0 Å². The first-order valence-electron chi connectivity index (χ1n) is 9.83. The van der Waals surface area contributed by atoms with Crippen LogP contribution in [0.2, 0.25) is 4.34 Å². The number of hydrogen-bond donors (Lipinski definition) is 5. The molecule has 1 saturated heterocycles. The van der Waals surface area contributed by atoms with Gasteiger partial charge >= 0.3 is 5.97 Å². The highest BCUT2D eigenvalue weighted by atomic mass is 35.5. The first kappa shape index (κ1) is 23.9. The number of nitrogens with one attached hydrogen (secondary N) is 1. The lowest BCUT2D eigenvalue weighted by Gasteiger charge is -2.50. The third kappa shape index (κ3) is 4.20. The zero-order valence-electron chi connectivity index (χ0n) is 17.3. The van der Waals surface area contributed by atoms with E-state index in [-0.39, 0.29) is 27.4 Å². The number of carboxylic acids is 1. The van der Waals surface area contributed by atoms with Crippen LogP contribution in [0.25, 0.3) is 0 Å². The van der Waals surface area contributed by atoms with Gasteiger partial charge in [-0.25, -0.2) is 9.78 Å². The molecule has 1 unspecified atom stereocenters. The van der Waals surface area contributed by atoms with E-state index >= 15 is 0 Å². The number of halogens is 1. The molecule has 2 aromatic heterocycles. The van der Waals surface area contributed by atoms with Gasteiger partial charge in [0, 0.05) is 22.5 Å². The van der Waals surface area contributed by atoms with Gasteiger partial charge in [-0.3, -0.25) is 19.5 Å². The number of aliphatic carboxylic acids is 1. The van der Waals surface area contributed by atoms with Crippen molar-refractivity contribution in [1.29, 1.82) is 0 Å². The Labute approximate surface area is 205 Å². The highest BCUT2D eigenvalue weighted by molar-refractivity contribution is 8.03. The van der Waals surface area contributed by atoms with E-state index in [1.807, 2.05) is 0 Å². The second-order valence-corrected chi connectivity index (χ2v) is 9.99. The van der Waals surface area contributed by atoms with Crippen LogP contribution in [0.4, 0.5) is 5.13 Å². The molecule has 12 nitrogen and oxygen atoms in total. The fourth-order valence-electron chi connectivity index (χ4n) is 3.80. The number of carboxylic acid groups (broad SMARTS) is 1. The average molecular weight is 524 g/mol. The standard InChI is InChI=1S/C19H18ClN7O5S2/c20-15-12(25-19(22)34-15)13(26-32)16(28)24-11-8-3-4-10(14(18(30)31)27(8)17(11)29)33-9-2-1-5-23-7(9)6-21/h1-2,5,8,11,32H,3-4,6,21H2,(H2,22,25)(H,24,28)(H,30,31)/b26-13-/t8-,11?/m1/s1. The molecule has 7 N–H and O–H groups in total. The number of anilines is 1. The van der Waals surface area contributed by atoms with Crippen LogP contribution >= 0.6 is 34.7 Å². The summed E-state index contributed by atoms with van der Waals surface area (Å²) in [5, 5.41) is 24.7. The number of hydrogen-bond acceptors (Lipinski definition) is 11. The third-order valence-electron chi connectivity index (χ3n) is 5.30. The maximum absolute atomic E-state index is 12.9. The summed E-state index contributed by atoms with van der Waals surface area (Å²) in [5.74, 6) is -2.75. The van der Waals surface area contributed by atoms with Crippen LogP contribution in [0, 0.1) is 0 Å². The minimum Gasteiger partial charge on any atom is -0.477 e. The average Bonchev–Trinajstić information content (AvgIpc) is 3.15. The van der Waals surface area contributed by atoms with Crippen molar-refractivity contribution in [2.75, 3.05) is 5.73 Å². The van der Waals surface area contributed by atoms with E-state index in [1.54, 1.807) is 18.3 Å². The smallest absolute Gasteiger partial charge is 0.353 e. The van der Waals surface area contributed by atoms with Crippen molar-refractivity contribution < 1.29 is 24.7 Å². The molecule has 0 aromatic carbocycles. The van der Waals surface area contributed by atoms with Gasteiger partial charge in [0.05, 0.1) is 11.7 Å². The van der Waals surface area contributed by atoms with Crippen molar-refractivity contribution in [3.63, 3.8) is 0 Å². The maximum atomic E-state index is 12.9. The van der Waals surface area contributed by atoms with Gasteiger partial charge in [0.15, 0.2) is 10.8 Å². The zero-order valence-corrected chi connectivity index (χ0v) is 19.7. The maximum Gasteiger partial charge on any atom is 0.353 e. The Hall–Kier alpha value is -3.20. The Kier molecular flexibility index (Phi) is 6.74. The lowest BCUT2D eigenvalue weighted by molar-refractivity contribution is -0.155. The molecule has 2 amide bonds. The number of thiazole rings is 1. The number of pyridine rings is 1. The lowest BCUT2D eigenvalue weighted by atomic mass is 9.86. The van der Waals surface area contributed by atoms with Crippen LogP contribution in [0.15, 0.2) is 39.0 Å². The number of aromatic nitrogens is 2. The van der Waals surface area contributed by atoms with Crippen molar-refractivity contribution in [3.8, 4) is 0 Å². The quantitative estimate of drug-likeness (QED) is 0.151. The molecule has 178 valence electrons. The molecule has 0 spiro atoms. The van der Waals surface area contributed by atoms with Crippen LogP contribution in [-0.2, 0) is 20.9 Å². The first-order chi connectivity index (χ1) is 16.3. The lowest BCUT2D eigenvalue weighted by Crippen LogP contribution is -2.72. The minimum atomic E-state index is -1.26. The highest BCUT2D eigenvalue weighted by Crippen LogP contribution is 2.43. The number of allylic oxidation sites excluding steroid dienone is 1. The molecule has 0 aliphatic carbocycles. The predicted molar refractivity (Wildman–Crippen MR) is 124 cm³/mol. The molecule has 1 fully saturated rings. The van der Waals surface area contributed by atoms with Crippen molar-refractivity contribution >= 4 is 63.3 Å². The molecular weight excluding hydrogens is 506 g/mol. The third-order valence-corrected chi connectivity index (χ3v) is 7.62. The van der Waals surface area contributed by atoms with E-state index in [4.69, 9.17) is 23.1 Å². The zero-order chi connectivity index (χ0) is 24.6. The molecule has 2 aliphatic rings. The summed E-state index contributed by atoms with van der Waals surface area (Å²) in [4.78, 5) is 48.1. The van der Waals surface area contributed by atoms with Gasteiger partial charge in [-0.05, 0) is 25.0 Å². The van der Waals surface area contributed by atoms with Gasteiger partial charge in [-0.2, -0.15) is 0 Å². The molecule has 4 heterocycles. The SMILES string of the molecule is NCc1ncccc1SC1=C(C(=O)O)N2C(=O)C(NC(=O)/C(=N\O)c3nc(N)sc3Cl)[C@H]2CC1. The summed E-state index contributed by atoms with van der Waals surface area (Å²) in [6.45, 7) is 0.182. The van der Waals surface area contributed by atoms with Gasteiger partial charge in [-0.1, -0.05) is 39.9 Å². The molecule has 0 radical (unpaired) electrons. The Morgan fingerprint density at radius 2 is 2.21 bits per heavy atom. The fourth-order valence-corrected chi connectivity index (χ4v) is 5.90. The molecule has 2 aromatic rings. The summed E-state index contributed by atoms with van der Waals surface area (Å²) in [7, 11) is 0. The number of oxime groups is 1. The Morgan fingerprint density at radius 3 is 2.82 bits per heavy atom. The Balaban J connectivity index is 1.55. The number of fused-ring (bicyclic) bond motifs is 1. The van der Waals surface area contributed by atoms with E-state index in [0.29, 0.717) is 28.3 Å². The molecule has 0 bridgehead atoms. The highest BCUT2D eigenvalue weighted by Gasteiger charge is 2.54.